The van der Waals surface area contributed by atoms with Crippen molar-refractivity contribution in [3.05, 3.63) is 105 Å². The van der Waals surface area contributed by atoms with E-state index >= 15 is 0 Å². The van der Waals surface area contributed by atoms with Gasteiger partial charge in [0.2, 0.25) is 5.91 Å². The van der Waals surface area contributed by atoms with Crippen LogP contribution in [0.3, 0.4) is 0 Å². The summed E-state index contributed by atoms with van der Waals surface area (Å²) in [5, 5.41) is 1.00. The zero-order chi connectivity index (χ0) is 24.9. The lowest BCUT2D eigenvalue weighted by Gasteiger charge is -2.30. The molecule has 35 heavy (non-hydrogen) atoms. The van der Waals surface area contributed by atoms with Crippen LogP contribution in [-0.4, -0.2) is 26.9 Å². The van der Waals surface area contributed by atoms with Gasteiger partial charge in [-0.15, -0.1) is 0 Å². The molecule has 0 radical (unpaired) electrons. The molecule has 3 aromatic carbocycles. The van der Waals surface area contributed by atoms with Crippen molar-refractivity contribution in [3.8, 4) is 5.69 Å². The lowest BCUT2D eigenvalue weighted by atomic mass is 10.1. The maximum Gasteiger partial charge on any atom is 0.266 e. The first-order chi connectivity index (χ1) is 16.9. The highest BCUT2D eigenvalue weighted by Gasteiger charge is 2.26. The molecule has 0 fully saturated rings. The van der Waals surface area contributed by atoms with Gasteiger partial charge < -0.3 is 4.90 Å². The molecule has 1 atom stereocenters. The Bertz CT molecular complexity index is 1380. The summed E-state index contributed by atoms with van der Waals surface area (Å²) in [6.45, 7) is 6.57. The fourth-order valence-corrected chi connectivity index (χ4v) is 4.52. The molecule has 180 valence electrons. The summed E-state index contributed by atoms with van der Waals surface area (Å²) in [4.78, 5) is 33.8. The van der Waals surface area contributed by atoms with Crippen LogP contribution in [0, 0.1) is 6.92 Å². The Morgan fingerprint density at radius 3 is 2.46 bits per heavy atom. The molecule has 4 rings (SSSR count). The lowest BCUT2D eigenvalue weighted by molar-refractivity contribution is -0.133. The van der Waals surface area contributed by atoms with E-state index in [2.05, 4.69) is 0 Å². The first-order valence-corrected chi connectivity index (χ1v) is 12.4. The fourth-order valence-electron chi connectivity index (χ4n) is 4.35. The van der Waals surface area contributed by atoms with E-state index in [-0.39, 0.29) is 11.5 Å². The van der Waals surface area contributed by atoms with Gasteiger partial charge in [0.25, 0.3) is 5.56 Å². The van der Waals surface area contributed by atoms with E-state index in [1.54, 1.807) is 22.8 Å². The monoisotopic (exact) mass is 487 g/mol. The molecular formula is C29H30ClN3O2. The Kier molecular flexibility index (Phi) is 7.67. The number of carbonyl (C=O) groups is 1. The Morgan fingerprint density at radius 1 is 1.06 bits per heavy atom. The number of hydrogen-bond donors (Lipinski definition) is 0. The van der Waals surface area contributed by atoms with Gasteiger partial charge in [0.1, 0.15) is 5.82 Å². The first-order valence-electron chi connectivity index (χ1n) is 12.0. The second-order valence-corrected chi connectivity index (χ2v) is 9.29. The highest BCUT2D eigenvalue weighted by atomic mass is 35.5. The van der Waals surface area contributed by atoms with Gasteiger partial charge in [0.05, 0.1) is 22.6 Å². The third kappa shape index (κ3) is 5.46. The number of aromatic nitrogens is 2. The summed E-state index contributed by atoms with van der Waals surface area (Å²) in [6.07, 6.45) is 1.86. The van der Waals surface area contributed by atoms with Gasteiger partial charge in [-0.25, -0.2) is 4.98 Å². The number of amides is 1. The van der Waals surface area contributed by atoms with Crippen LogP contribution in [0.5, 0.6) is 0 Å². The van der Waals surface area contributed by atoms with Gasteiger partial charge >= 0.3 is 0 Å². The molecular weight excluding hydrogens is 458 g/mol. The highest BCUT2D eigenvalue weighted by Crippen LogP contribution is 2.25. The number of fused-ring (bicyclic) bond motifs is 1. The minimum atomic E-state index is -0.407. The third-order valence-corrected chi connectivity index (χ3v) is 6.48. The molecule has 1 heterocycles. The Balaban J connectivity index is 1.78. The number of carbonyl (C=O) groups excluding carboxylic acids is 1. The quantitative estimate of drug-likeness (QED) is 0.294. The summed E-state index contributed by atoms with van der Waals surface area (Å²) < 4.78 is 1.63. The molecule has 0 N–H and O–H groups in total. The smallest absolute Gasteiger partial charge is 0.266 e. The Labute approximate surface area is 211 Å². The van der Waals surface area contributed by atoms with Crippen LogP contribution in [0.2, 0.25) is 5.02 Å². The molecule has 4 aromatic rings. The van der Waals surface area contributed by atoms with Crippen molar-refractivity contribution < 1.29 is 4.79 Å². The predicted octanol–water partition coefficient (Wildman–Crippen LogP) is 6.28. The van der Waals surface area contributed by atoms with E-state index in [0.29, 0.717) is 41.1 Å². The second kappa shape index (κ2) is 10.9. The minimum Gasteiger partial charge on any atom is -0.333 e. The average Bonchev–Trinajstić information content (AvgIpc) is 2.86. The van der Waals surface area contributed by atoms with Gasteiger partial charge in [-0.2, -0.15) is 0 Å². The SMILES string of the molecule is CCCN(C(=O)CCc1ccccc1)C(C)c1nc2cc(Cl)ccc2c(=O)n1-c1ccc(C)cc1. The molecule has 0 spiro atoms. The van der Waals surface area contributed by atoms with Gasteiger partial charge in [-0.1, -0.05) is 66.6 Å². The number of nitrogens with zero attached hydrogens (tertiary/aromatic N) is 3. The van der Waals surface area contributed by atoms with E-state index in [1.165, 1.54) is 0 Å². The molecule has 6 heteroatoms. The summed E-state index contributed by atoms with van der Waals surface area (Å²) in [6, 6.07) is 22.5. The van der Waals surface area contributed by atoms with E-state index in [1.807, 2.05) is 80.3 Å². The van der Waals surface area contributed by atoms with Crippen molar-refractivity contribution in [2.24, 2.45) is 0 Å². The van der Waals surface area contributed by atoms with E-state index in [0.717, 1.165) is 23.2 Å². The van der Waals surface area contributed by atoms with Crippen molar-refractivity contribution in [2.75, 3.05) is 6.54 Å². The van der Waals surface area contributed by atoms with Crippen LogP contribution in [0.15, 0.2) is 77.6 Å². The van der Waals surface area contributed by atoms with Crippen LogP contribution in [0.1, 0.15) is 49.7 Å². The first kappa shape index (κ1) is 24.7. The minimum absolute atomic E-state index is 0.0408. The van der Waals surface area contributed by atoms with Crippen LogP contribution in [0.25, 0.3) is 16.6 Å². The predicted molar refractivity (Wildman–Crippen MR) is 142 cm³/mol. The van der Waals surface area contributed by atoms with Crippen molar-refractivity contribution in [3.63, 3.8) is 0 Å². The number of aryl methyl sites for hydroxylation is 2. The molecule has 0 bridgehead atoms. The number of halogens is 1. The van der Waals surface area contributed by atoms with E-state index in [9.17, 15) is 9.59 Å². The highest BCUT2D eigenvalue weighted by molar-refractivity contribution is 6.31. The Morgan fingerprint density at radius 2 is 1.77 bits per heavy atom. The van der Waals surface area contributed by atoms with Gasteiger partial charge in [-0.3, -0.25) is 14.2 Å². The maximum atomic E-state index is 13.7. The zero-order valence-corrected chi connectivity index (χ0v) is 21.1. The van der Waals surface area contributed by atoms with Crippen LogP contribution in [-0.2, 0) is 11.2 Å². The van der Waals surface area contributed by atoms with Crippen LogP contribution < -0.4 is 5.56 Å². The second-order valence-electron chi connectivity index (χ2n) is 8.86. The van der Waals surface area contributed by atoms with Gasteiger partial charge in [-0.05, 0) is 62.6 Å². The fraction of sp³-hybridized carbons (Fsp3) is 0.276. The van der Waals surface area contributed by atoms with E-state index < -0.39 is 6.04 Å². The molecule has 1 amide bonds. The van der Waals surface area contributed by atoms with Crippen molar-refractivity contribution >= 4 is 28.4 Å². The molecule has 0 aliphatic rings. The topological polar surface area (TPSA) is 55.2 Å². The third-order valence-electron chi connectivity index (χ3n) is 6.25. The van der Waals surface area contributed by atoms with Crippen LogP contribution >= 0.6 is 11.6 Å². The zero-order valence-electron chi connectivity index (χ0n) is 20.4. The Hall–Kier alpha value is -3.44. The van der Waals surface area contributed by atoms with Gasteiger partial charge in [0, 0.05) is 18.0 Å². The van der Waals surface area contributed by atoms with Crippen LogP contribution in [0.4, 0.5) is 0 Å². The lowest BCUT2D eigenvalue weighted by Crippen LogP contribution is -2.38. The van der Waals surface area contributed by atoms with Crippen molar-refractivity contribution in [1.82, 2.24) is 14.5 Å². The molecule has 1 aromatic heterocycles. The molecule has 0 aliphatic heterocycles. The number of hydrogen-bond acceptors (Lipinski definition) is 3. The summed E-state index contributed by atoms with van der Waals surface area (Å²) in [5.41, 5.74) is 3.30. The van der Waals surface area contributed by atoms with Gasteiger partial charge in [0.15, 0.2) is 0 Å². The van der Waals surface area contributed by atoms with Crippen molar-refractivity contribution in [2.45, 2.75) is 46.1 Å². The normalized spacial score (nSPS) is 12.0. The summed E-state index contributed by atoms with van der Waals surface area (Å²) >= 11 is 6.23. The van der Waals surface area contributed by atoms with E-state index in [4.69, 9.17) is 16.6 Å². The molecule has 1 unspecified atom stereocenters. The largest absolute Gasteiger partial charge is 0.333 e. The number of rotatable bonds is 8. The number of benzene rings is 3. The average molecular weight is 488 g/mol. The molecule has 0 aliphatic carbocycles. The maximum absolute atomic E-state index is 13.7. The molecule has 0 saturated heterocycles. The summed E-state index contributed by atoms with van der Waals surface area (Å²) in [5.74, 6) is 0.564. The van der Waals surface area contributed by atoms with Crippen molar-refractivity contribution in [1.29, 1.82) is 0 Å². The molecule has 0 saturated carbocycles. The standard InChI is InChI=1S/C29H30ClN3O2/c1-4-18-32(27(34)17-12-22-8-6-5-7-9-22)21(3)28-31-26-19-23(30)13-16-25(26)29(35)33(28)24-14-10-20(2)11-15-24/h5-11,13-16,19,21H,4,12,17-18H2,1-3H3. The molecule has 5 nitrogen and oxygen atoms in total. The summed E-state index contributed by atoms with van der Waals surface area (Å²) in [7, 11) is 0.